The Kier molecular flexibility index (Phi) is 5.13. The Morgan fingerprint density at radius 2 is 2.50 bits per heavy atom. The molecule has 0 aromatic carbocycles. The summed E-state index contributed by atoms with van der Waals surface area (Å²) in [5.74, 6) is -0.456. The molecule has 1 aromatic heterocycles. The van der Waals surface area contributed by atoms with Gasteiger partial charge in [-0.05, 0) is 11.9 Å². The highest BCUT2D eigenvalue weighted by atomic mass is 79.9. The zero-order valence-corrected chi connectivity index (χ0v) is 10.8. The predicted molar refractivity (Wildman–Crippen MR) is 65.3 cm³/mol. The average Bonchev–Trinajstić information content (AvgIpc) is 2.68. The van der Waals surface area contributed by atoms with Crippen molar-refractivity contribution in [2.24, 2.45) is 0 Å². The Bertz CT molecular complexity index is 417. The van der Waals surface area contributed by atoms with Crippen LogP contribution in [0.2, 0.25) is 0 Å². The van der Waals surface area contributed by atoms with Gasteiger partial charge in [-0.1, -0.05) is 15.9 Å². The van der Waals surface area contributed by atoms with E-state index in [9.17, 15) is 9.59 Å². The second kappa shape index (κ2) is 6.39. The number of halogens is 1. The number of amides is 1. The van der Waals surface area contributed by atoms with Crippen LogP contribution in [-0.4, -0.2) is 24.0 Å². The van der Waals surface area contributed by atoms with E-state index in [0.29, 0.717) is 29.4 Å². The standard InChI is InChI=1S/C9H9BrN2O3S/c1-2-15-8(14)6(3-10)7-4-16-9(12-7)11-5-13/h3-5H,2H2,1H3,(H,11,12,13)/b6-3+. The van der Waals surface area contributed by atoms with Gasteiger partial charge in [0, 0.05) is 5.38 Å². The molecule has 86 valence electrons. The van der Waals surface area contributed by atoms with Gasteiger partial charge in [0.1, 0.15) is 0 Å². The summed E-state index contributed by atoms with van der Waals surface area (Å²) < 4.78 is 4.86. The molecule has 5 nitrogen and oxygen atoms in total. The SMILES string of the molecule is CCOC(=O)/C(=C/Br)c1csc(NC=O)n1. The summed E-state index contributed by atoms with van der Waals surface area (Å²) in [5, 5.41) is 4.50. The molecule has 0 aliphatic carbocycles. The van der Waals surface area contributed by atoms with Crippen molar-refractivity contribution >= 4 is 50.4 Å². The van der Waals surface area contributed by atoms with Gasteiger partial charge in [-0.2, -0.15) is 0 Å². The van der Waals surface area contributed by atoms with Crippen LogP contribution in [0.25, 0.3) is 5.57 Å². The minimum atomic E-state index is -0.456. The van der Waals surface area contributed by atoms with Gasteiger partial charge >= 0.3 is 5.97 Å². The van der Waals surface area contributed by atoms with Gasteiger partial charge in [-0.3, -0.25) is 4.79 Å². The predicted octanol–water partition coefficient (Wildman–Crippen LogP) is 2.01. The molecule has 0 saturated heterocycles. The van der Waals surface area contributed by atoms with E-state index < -0.39 is 5.97 Å². The summed E-state index contributed by atoms with van der Waals surface area (Å²) in [6.45, 7) is 2.02. The number of thiazole rings is 1. The molecule has 0 fully saturated rings. The number of rotatable bonds is 5. The van der Waals surface area contributed by atoms with E-state index in [0.717, 1.165) is 0 Å². The lowest BCUT2D eigenvalue weighted by Gasteiger charge is -2.02. The zero-order chi connectivity index (χ0) is 12.0. The Morgan fingerprint density at radius 3 is 3.06 bits per heavy atom. The molecule has 0 saturated carbocycles. The first-order valence-electron chi connectivity index (χ1n) is 4.36. The van der Waals surface area contributed by atoms with E-state index in [1.165, 1.54) is 16.3 Å². The van der Waals surface area contributed by atoms with E-state index >= 15 is 0 Å². The number of nitrogens with zero attached hydrogens (tertiary/aromatic N) is 1. The van der Waals surface area contributed by atoms with Gasteiger partial charge in [-0.15, -0.1) is 11.3 Å². The van der Waals surface area contributed by atoms with Crippen LogP contribution in [0.3, 0.4) is 0 Å². The summed E-state index contributed by atoms with van der Waals surface area (Å²) in [5.41, 5.74) is 0.779. The van der Waals surface area contributed by atoms with E-state index in [1.807, 2.05) is 0 Å². The molecule has 0 radical (unpaired) electrons. The van der Waals surface area contributed by atoms with Gasteiger partial charge in [0.2, 0.25) is 6.41 Å². The summed E-state index contributed by atoms with van der Waals surface area (Å²) in [6, 6.07) is 0. The quantitative estimate of drug-likeness (QED) is 0.513. The molecular formula is C9H9BrN2O3S. The molecule has 0 aliphatic heterocycles. The van der Waals surface area contributed by atoms with Crippen LogP contribution < -0.4 is 5.32 Å². The van der Waals surface area contributed by atoms with Crippen molar-refractivity contribution in [3.63, 3.8) is 0 Å². The zero-order valence-electron chi connectivity index (χ0n) is 8.40. The van der Waals surface area contributed by atoms with Crippen LogP contribution in [0.1, 0.15) is 12.6 Å². The lowest BCUT2D eigenvalue weighted by atomic mass is 10.2. The maximum Gasteiger partial charge on any atom is 0.340 e. The van der Waals surface area contributed by atoms with Gasteiger partial charge in [0.15, 0.2) is 5.13 Å². The first-order valence-corrected chi connectivity index (χ1v) is 6.16. The number of carbonyl (C=O) groups is 2. The number of aromatic nitrogens is 1. The molecule has 0 spiro atoms. The molecule has 0 bridgehead atoms. The molecule has 0 atom stereocenters. The molecular weight excluding hydrogens is 296 g/mol. The van der Waals surface area contributed by atoms with Crippen LogP contribution in [0.5, 0.6) is 0 Å². The molecule has 0 aliphatic rings. The Balaban J connectivity index is 2.87. The first kappa shape index (κ1) is 12.9. The van der Waals surface area contributed by atoms with Crippen LogP contribution in [-0.2, 0) is 14.3 Å². The number of nitrogens with one attached hydrogen (secondary N) is 1. The summed E-state index contributed by atoms with van der Waals surface area (Å²) >= 11 is 4.31. The number of anilines is 1. The van der Waals surface area contributed by atoms with Crippen molar-refractivity contribution in [3.8, 4) is 0 Å². The molecule has 1 amide bonds. The average molecular weight is 305 g/mol. The topological polar surface area (TPSA) is 68.3 Å². The largest absolute Gasteiger partial charge is 0.462 e. The molecule has 0 unspecified atom stereocenters. The molecule has 7 heteroatoms. The third-order valence-corrected chi connectivity index (χ3v) is 2.80. The van der Waals surface area contributed by atoms with E-state index in [2.05, 4.69) is 26.2 Å². The normalized spacial score (nSPS) is 11.0. The minimum absolute atomic E-state index is 0.298. The summed E-state index contributed by atoms with van der Waals surface area (Å²) in [7, 11) is 0. The third-order valence-electron chi connectivity index (χ3n) is 1.57. The molecule has 1 heterocycles. The van der Waals surface area contributed by atoms with Crippen LogP contribution in [0, 0.1) is 0 Å². The highest BCUT2D eigenvalue weighted by molar-refractivity contribution is 9.11. The second-order valence-electron chi connectivity index (χ2n) is 2.54. The molecule has 1 aromatic rings. The van der Waals surface area contributed by atoms with Gasteiger partial charge in [0.25, 0.3) is 0 Å². The highest BCUT2D eigenvalue weighted by Gasteiger charge is 2.15. The van der Waals surface area contributed by atoms with Gasteiger partial charge < -0.3 is 10.1 Å². The lowest BCUT2D eigenvalue weighted by molar-refractivity contribution is -0.136. The first-order chi connectivity index (χ1) is 7.72. The summed E-state index contributed by atoms with van der Waals surface area (Å²) in [6.07, 6.45) is 0.532. The summed E-state index contributed by atoms with van der Waals surface area (Å²) in [4.78, 5) is 27.2. The van der Waals surface area contributed by atoms with Crippen molar-refractivity contribution in [1.82, 2.24) is 4.98 Å². The van der Waals surface area contributed by atoms with E-state index in [1.54, 1.807) is 12.3 Å². The lowest BCUT2D eigenvalue weighted by Crippen LogP contribution is -2.06. The second-order valence-corrected chi connectivity index (χ2v) is 3.86. The van der Waals surface area contributed by atoms with Crippen LogP contribution in [0.4, 0.5) is 5.13 Å². The Labute approximate surface area is 105 Å². The molecule has 16 heavy (non-hydrogen) atoms. The van der Waals surface area contributed by atoms with E-state index in [-0.39, 0.29) is 0 Å². The van der Waals surface area contributed by atoms with Crippen molar-refractivity contribution in [2.45, 2.75) is 6.92 Å². The van der Waals surface area contributed by atoms with Crippen molar-refractivity contribution in [2.75, 3.05) is 11.9 Å². The van der Waals surface area contributed by atoms with Crippen molar-refractivity contribution < 1.29 is 14.3 Å². The smallest absolute Gasteiger partial charge is 0.340 e. The molecule has 1 rings (SSSR count). The van der Waals surface area contributed by atoms with Crippen LogP contribution >= 0.6 is 27.3 Å². The number of ether oxygens (including phenoxy) is 1. The minimum Gasteiger partial charge on any atom is -0.462 e. The van der Waals surface area contributed by atoms with Crippen molar-refractivity contribution in [3.05, 3.63) is 16.1 Å². The fourth-order valence-electron chi connectivity index (χ4n) is 0.928. The maximum atomic E-state index is 11.5. The third kappa shape index (κ3) is 3.14. The van der Waals surface area contributed by atoms with E-state index in [4.69, 9.17) is 4.74 Å². The Hall–Kier alpha value is -1.21. The number of hydrogen-bond donors (Lipinski definition) is 1. The number of carbonyl (C=O) groups excluding carboxylic acids is 2. The monoisotopic (exact) mass is 304 g/mol. The van der Waals surface area contributed by atoms with Gasteiger partial charge in [0.05, 0.1) is 17.9 Å². The number of hydrogen-bond acceptors (Lipinski definition) is 5. The number of esters is 1. The van der Waals surface area contributed by atoms with Gasteiger partial charge in [-0.25, -0.2) is 9.78 Å². The molecule has 1 N–H and O–H groups in total. The Morgan fingerprint density at radius 1 is 1.75 bits per heavy atom. The fraction of sp³-hybridized carbons (Fsp3) is 0.222. The highest BCUT2D eigenvalue weighted by Crippen LogP contribution is 2.23. The van der Waals surface area contributed by atoms with Crippen LogP contribution in [0.15, 0.2) is 10.4 Å². The maximum absolute atomic E-state index is 11.5. The van der Waals surface area contributed by atoms with Crippen molar-refractivity contribution in [1.29, 1.82) is 0 Å². The fourth-order valence-corrected chi connectivity index (χ4v) is 2.02.